The number of hydrogen-bond acceptors (Lipinski definition) is 2. The van der Waals surface area contributed by atoms with Crippen LogP contribution in [0.2, 0.25) is 0 Å². The minimum absolute atomic E-state index is 0.0752. The average Bonchev–Trinajstić information content (AvgIpc) is 2.01. The summed E-state index contributed by atoms with van der Waals surface area (Å²) in [5.41, 5.74) is -0.103. The average molecular weight is 181 g/mol. The summed E-state index contributed by atoms with van der Waals surface area (Å²) in [4.78, 5) is 15.0. The van der Waals surface area contributed by atoms with Gasteiger partial charge in [0.2, 0.25) is 5.95 Å². The van der Waals surface area contributed by atoms with Crippen molar-refractivity contribution in [3.8, 4) is 0 Å². The second-order valence-corrected chi connectivity index (χ2v) is 3.95. The van der Waals surface area contributed by atoms with Gasteiger partial charge in [-0.25, -0.2) is 4.98 Å². The normalized spacial score (nSPS) is 11.4. The molecule has 70 valence electrons. The zero-order chi connectivity index (χ0) is 10.1. The maximum absolute atomic E-state index is 12.7. The van der Waals surface area contributed by atoms with Gasteiger partial charge in [-0.05, 0) is 6.07 Å². The zero-order valence-electron chi connectivity index (χ0n) is 7.97. The molecule has 1 rings (SSSR count). The maximum atomic E-state index is 12.7. The minimum atomic E-state index is -0.616. The number of carbonyl (C=O) groups is 1. The zero-order valence-corrected chi connectivity index (χ0v) is 7.97. The fraction of sp³-hybridized carbons (Fsp3) is 0.400. The molecule has 0 atom stereocenters. The third-order valence-electron chi connectivity index (χ3n) is 1.67. The van der Waals surface area contributed by atoms with Gasteiger partial charge < -0.3 is 0 Å². The molecular formula is C10H12FNO. The van der Waals surface area contributed by atoms with E-state index in [1.165, 1.54) is 12.3 Å². The lowest BCUT2D eigenvalue weighted by Gasteiger charge is -2.15. The molecule has 0 spiro atoms. The van der Waals surface area contributed by atoms with Crippen LogP contribution in [0.5, 0.6) is 0 Å². The van der Waals surface area contributed by atoms with E-state index in [4.69, 9.17) is 0 Å². The van der Waals surface area contributed by atoms with Crippen molar-refractivity contribution in [2.75, 3.05) is 0 Å². The molecule has 0 aliphatic rings. The van der Waals surface area contributed by atoms with Crippen molar-refractivity contribution in [1.29, 1.82) is 0 Å². The van der Waals surface area contributed by atoms with Crippen molar-refractivity contribution in [3.63, 3.8) is 0 Å². The monoisotopic (exact) mass is 181 g/mol. The summed E-state index contributed by atoms with van der Waals surface area (Å²) < 4.78 is 12.7. The Morgan fingerprint density at radius 3 is 2.54 bits per heavy atom. The molecule has 2 nitrogen and oxygen atoms in total. The molecule has 0 bridgehead atoms. The van der Waals surface area contributed by atoms with Gasteiger partial charge in [-0.1, -0.05) is 20.8 Å². The summed E-state index contributed by atoms with van der Waals surface area (Å²) in [6.07, 6.45) is 1.30. The predicted molar refractivity (Wildman–Crippen MR) is 48.0 cm³/mol. The number of ketones is 1. The van der Waals surface area contributed by atoms with Crippen LogP contribution in [-0.2, 0) is 0 Å². The molecule has 1 aromatic heterocycles. The molecule has 0 aliphatic carbocycles. The van der Waals surface area contributed by atoms with E-state index in [-0.39, 0.29) is 5.78 Å². The molecule has 0 unspecified atom stereocenters. The molecule has 13 heavy (non-hydrogen) atoms. The van der Waals surface area contributed by atoms with E-state index in [2.05, 4.69) is 4.98 Å². The van der Waals surface area contributed by atoms with Crippen molar-refractivity contribution in [1.82, 2.24) is 4.98 Å². The molecular weight excluding hydrogens is 169 g/mol. The summed E-state index contributed by atoms with van der Waals surface area (Å²) in [6.45, 7) is 5.40. The van der Waals surface area contributed by atoms with Crippen LogP contribution in [0.15, 0.2) is 18.3 Å². The van der Waals surface area contributed by atoms with Crippen molar-refractivity contribution in [2.45, 2.75) is 20.8 Å². The molecule has 0 aliphatic heterocycles. The highest BCUT2D eigenvalue weighted by Crippen LogP contribution is 2.20. The van der Waals surface area contributed by atoms with Gasteiger partial charge in [0.1, 0.15) is 0 Å². The Morgan fingerprint density at radius 1 is 1.46 bits per heavy atom. The van der Waals surface area contributed by atoms with Crippen LogP contribution in [-0.4, -0.2) is 10.8 Å². The first kappa shape index (κ1) is 9.84. The Kier molecular flexibility index (Phi) is 2.45. The van der Waals surface area contributed by atoms with E-state index in [1.807, 2.05) is 0 Å². The Balaban J connectivity index is 3.03. The van der Waals surface area contributed by atoms with Crippen LogP contribution in [0.4, 0.5) is 4.39 Å². The Bertz CT molecular complexity index is 328. The second-order valence-electron chi connectivity index (χ2n) is 3.95. The molecule has 0 N–H and O–H groups in total. The van der Waals surface area contributed by atoms with Gasteiger partial charge in [0, 0.05) is 23.2 Å². The highest BCUT2D eigenvalue weighted by atomic mass is 19.1. The first-order chi connectivity index (χ1) is 5.91. The van der Waals surface area contributed by atoms with Crippen molar-refractivity contribution in [2.24, 2.45) is 5.41 Å². The van der Waals surface area contributed by atoms with Gasteiger partial charge in [0.15, 0.2) is 5.78 Å². The maximum Gasteiger partial charge on any atom is 0.213 e. The first-order valence-electron chi connectivity index (χ1n) is 4.07. The third kappa shape index (κ3) is 2.34. The number of nitrogens with zero attached hydrogens (tertiary/aromatic N) is 1. The lowest BCUT2D eigenvalue weighted by Crippen LogP contribution is -2.20. The van der Waals surface area contributed by atoms with Gasteiger partial charge in [-0.15, -0.1) is 0 Å². The molecule has 0 aromatic carbocycles. The van der Waals surface area contributed by atoms with Crippen LogP contribution >= 0.6 is 0 Å². The van der Waals surface area contributed by atoms with Gasteiger partial charge in [0.25, 0.3) is 0 Å². The smallest absolute Gasteiger partial charge is 0.213 e. The fourth-order valence-electron chi connectivity index (χ4n) is 0.977. The number of hydrogen-bond donors (Lipinski definition) is 0. The van der Waals surface area contributed by atoms with Crippen LogP contribution in [0.3, 0.4) is 0 Å². The van der Waals surface area contributed by atoms with Crippen LogP contribution < -0.4 is 0 Å². The summed E-state index contributed by atoms with van der Waals surface area (Å²) in [5.74, 6) is -0.691. The van der Waals surface area contributed by atoms with Gasteiger partial charge >= 0.3 is 0 Å². The lowest BCUT2D eigenvalue weighted by atomic mass is 9.87. The number of aromatic nitrogens is 1. The van der Waals surface area contributed by atoms with Crippen molar-refractivity contribution < 1.29 is 9.18 Å². The minimum Gasteiger partial charge on any atom is -0.294 e. The number of pyridine rings is 1. The molecule has 3 heteroatoms. The highest BCUT2D eigenvalue weighted by molar-refractivity contribution is 5.99. The number of rotatable bonds is 1. The first-order valence-corrected chi connectivity index (χ1v) is 4.07. The Hall–Kier alpha value is -1.25. The largest absolute Gasteiger partial charge is 0.294 e. The van der Waals surface area contributed by atoms with E-state index < -0.39 is 11.4 Å². The standard InChI is InChI=1S/C10H12FNO/c1-10(2,3)9(13)7-4-5-12-8(11)6-7/h4-6H,1-3H3. The molecule has 0 saturated carbocycles. The van der Waals surface area contributed by atoms with Gasteiger partial charge in [0.05, 0.1) is 0 Å². The van der Waals surface area contributed by atoms with Gasteiger partial charge in [-0.2, -0.15) is 4.39 Å². The van der Waals surface area contributed by atoms with E-state index >= 15 is 0 Å². The molecule has 0 amide bonds. The SMILES string of the molecule is CC(C)(C)C(=O)c1ccnc(F)c1. The molecule has 0 radical (unpaired) electrons. The van der Waals surface area contributed by atoms with E-state index in [0.29, 0.717) is 5.56 Å². The quantitative estimate of drug-likeness (QED) is 0.492. The highest BCUT2D eigenvalue weighted by Gasteiger charge is 2.22. The molecule has 1 heterocycles. The Morgan fingerprint density at radius 2 is 2.08 bits per heavy atom. The van der Waals surface area contributed by atoms with Crippen LogP contribution in [0.1, 0.15) is 31.1 Å². The molecule has 0 saturated heterocycles. The van der Waals surface area contributed by atoms with Crippen molar-refractivity contribution in [3.05, 3.63) is 29.8 Å². The van der Waals surface area contributed by atoms with Crippen molar-refractivity contribution >= 4 is 5.78 Å². The topological polar surface area (TPSA) is 30.0 Å². The summed E-state index contributed by atoms with van der Waals surface area (Å²) in [6, 6.07) is 2.68. The third-order valence-corrected chi connectivity index (χ3v) is 1.67. The lowest BCUT2D eigenvalue weighted by molar-refractivity contribution is 0.0857. The second kappa shape index (κ2) is 3.24. The predicted octanol–water partition coefficient (Wildman–Crippen LogP) is 2.45. The number of carbonyl (C=O) groups excluding carboxylic acids is 1. The number of Topliss-reactive ketones (excluding diaryl/α,β-unsaturated/α-hetero) is 1. The van der Waals surface area contributed by atoms with Gasteiger partial charge in [-0.3, -0.25) is 4.79 Å². The van der Waals surface area contributed by atoms with Crippen LogP contribution in [0, 0.1) is 11.4 Å². The summed E-state index contributed by atoms with van der Waals surface area (Å²) in [5, 5.41) is 0. The molecule has 0 fully saturated rings. The summed E-state index contributed by atoms with van der Waals surface area (Å²) >= 11 is 0. The number of halogens is 1. The summed E-state index contributed by atoms with van der Waals surface area (Å²) in [7, 11) is 0. The van der Waals surface area contributed by atoms with E-state index in [0.717, 1.165) is 6.07 Å². The van der Waals surface area contributed by atoms with E-state index in [9.17, 15) is 9.18 Å². The molecule has 1 aromatic rings. The fourth-order valence-corrected chi connectivity index (χ4v) is 0.977. The van der Waals surface area contributed by atoms with E-state index in [1.54, 1.807) is 20.8 Å². The Labute approximate surface area is 76.8 Å². The van der Waals surface area contributed by atoms with Crippen LogP contribution in [0.25, 0.3) is 0 Å².